The van der Waals surface area contributed by atoms with E-state index in [0.29, 0.717) is 32.1 Å². The molecule has 2 fully saturated rings. The number of aliphatic hydroxyl groups is 2. The second-order valence-corrected chi connectivity index (χ2v) is 8.45. The first kappa shape index (κ1) is 15.8. The third-order valence-electron chi connectivity index (χ3n) is 7.09. The van der Waals surface area contributed by atoms with Crippen molar-refractivity contribution in [3.8, 4) is 0 Å². The molecular formula is C19H26F2O2. The lowest BCUT2D eigenvalue weighted by atomic mass is 9.55. The molecule has 2 nitrogen and oxygen atoms in total. The van der Waals surface area contributed by atoms with E-state index in [4.69, 9.17) is 0 Å². The van der Waals surface area contributed by atoms with Crippen molar-refractivity contribution in [2.75, 3.05) is 0 Å². The molecular weight excluding hydrogens is 298 g/mol. The quantitative estimate of drug-likeness (QED) is 0.668. The predicted octanol–water partition coefficient (Wildman–Crippen LogP) is 3.63. The average molecular weight is 324 g/mol. The molecule has 4 aliphatic rings. The minimum Gasteiger partial charge on any atom is -0.393 e. The van der Waals surface area contributed by atoms with Gasteiger partial charge >= 0.3 is 0 Å². The maximum atomic E-state index is 16.0. The monoisotopic (exact) mass is 324 g/mol. The molecule has 4 aliphatic carbocycles. The molecule has 0 saturated heterocycles. The molecule has 2 saturated carbocycles. The number of fused-ring (bicyclic) bond motifs is 4. The average Bonchev–Trinajstić information content (AvgIpc) is 2.82. The second-order valence-electron chi connectivity index (χ2n) is 8.45. The summed E-state index contributed by atoms with van der Waals surface area (Å²) in [5.74, 6) is -0.0950. The Morgan fingerprint density at radius 3 is 2.83 bits per heavy atom. The van der Waals surface area contributed by atoms with Crippen molar-refractivity contribution in [1.82, 2.24) is 0 Å². The summed E-state index contributed by atoms with van der Waals surface area (Å²) in [5.41, 5.74) is -3.63. The molecule has 2 N–H and O–H groups in total. The number of halogens is 2. The van der Waals surface area contributed by atoms with Gasteiger partial charge in [-0.1, -0.05) is 24.6 Å². The highest BCUT2D eigenvalue weighted by Crippen LogP contribution is 2.62. The van der Waals surface area contributed by atoms with E-state index in [1.54, 1.807) is 0 Å². The minimum atomic E-state index is -2.33. The number of rotatable bonds is 0. The van der Waals surface area contributed by atoms with Gasteiger partial charge in [-0.25, -0.2) is 8.78 Å². The van der Waals surface area contributed by atoms with Crippen LogP contribution < -0.4 is 0 Å². The van der Waals surface area contributed by atoms with Gasteiger partial charge in [0.05, 0.1) is 6.10 Å². The summed E-state index contributed by atoms with van der Waals surface area (Å²) in [6, 6.07) is 0. The Hall–Kier alpha value is -0.740. The van der Waals surface area contributed by atoms with Crippen molar-refractivity contribution in [2.45, 2.75) is 75.4 Å². The van der Waals surface area contributed by atoms with Crippen molar-refractivity contribution in [1.29, 1.82) is 0 Å². The maximum Gasteiger partial charge on any atom is 0.189 e. The zero-order chi connectivity index (χ0) is 16.5. The van der Waals surface area contributed by atoms with Crippen LogP contribution in [0.5, 0.6) is 0 Å². The molecule has 6 unspecified atom stereocenters. The van der Waals surface area contributed by atoms with Crippen LogP contribution in [-0.2, 0) is 0 Å². The van der Waals surface area contributed by atoms with Crippen LogP contribution in [0.3, 0.4) is 0 Å². The molecule has 4 rings (SSSR count). The summed E-state index contributed by atoms with van der Waals surface area (Å²) >= 11 is 0. The minimum absolute atomic E-state index is 0.115. The Morgan fingerprint density at radius 1 is 1.26 bits per heavy atom. The van der Waals surface area contributed by atoms with Gasteiger partial charge in [0.25, 0.3) is 0 Å². The van der Waals surface area contributed by atoms with Crippen molar-refractivity contribution >= 4 is 0 Å². The number of allylic oxidation sites excluding steroid dienone is 2. The molecule has 23 heavy (non-hydrogen) atoms. The Labute approximate surface area is 136 Å². The summed E-state index contributed by atoms with van der Waals surface area (Å²) < 4.78 is 30.9. The Bertz CT molecular complexity index is 574. The molecule has 0 aromatic heterocycles. The molecule has 0 aliphatic heterocycles. The van der Waals surface area contributed by atoms with E-state index < -0.39 is 29.0 Å². The van der Waals surface area contributed by atoms with Crippen LogP contribution in [0, 0.1) is 17.3 Å². The molecule has 4 heteroatoms. The Kier molecular flexibility index (Phi) is 3.35. The molecule has 0 bridgehead atoms. The molecule has 0 radical (unpaired) electrons. The van der Waals surface area contributed by atoms with Gasteiger partial charge in [0.1, 0.15) is 11.8 Å². The van der Waals surface area contributed by atoms with E-state index in [1.165, 1.54) is 6.08 Å². The number of aliphatic hydroxyl groups excluding tert-OH is 1. The number of alkyl halides is 2. The molecule has 0 aromatic rings. The molecule has 0 aromatic carbocycles. The molecule has 0 spiro atoms. The maximum absolute atomic E-state index is 16.0. The number of hydrogen-bond acceptors (Lipinski definition) is 2. The zero-order valence-electron chi connectivity index (χ0n) is 13.6. The fourth-order valence-electron chi connectivity index (χ4n) is 5.75. The molecule has 7 atom stereocenters. The van der Waals surface area contributed by atoms with Crippen LogP contribution in [0.25, 0.3) is 0 Å². The van der Waals surface area contributed by atoms with Gasteiger partial charge in [-0.05, 0) is 62.4 Å². The lowest BCUT2D eigenvalue weighted by Gasteiger charge is -2.55. The van der Waals surface area contributed by atoms with E-state index in [9.17, 15) is 14.6 Å². The van der Waals surface area contributed by atoms with Crippen molar-refractivity contribution < 1.29 is 19.0 Å². The number of hydrogen-bond donors (Lipinski definition) is 2. The summed E-state index contributed by atoms with van der Waals surface area (Å²) in [4.78, 5) is 0. The van der Waals surface area contributed by atoms with Gasteiger partial charge in [-0.3, -0.25) is 0 Å². The lowest BCUT2D eigenvalue weighted by Crippen LogP contribution is -2.66. The lowest BCUT2D eigenvalue weighted by molar-refractivity contribution is -0.202. The van der Waals surface area contributed by atoms with Crippen LogP contribution in [0.4, 0.5) is 8.78 Å². The highest BCUT2D eigenvalue weighted by atomic mass is 19.2. The fraction of sp³-hybridized carbons (Fsp3) is 0.789. The summed E-state index contributed by atoms with van der Waals surface area (Å²) in [7, 11) is 0. The third-order valence-corrected chi connectivity index (χ3v) is 7.09. The Balaban J connectivity index is 1.80. The van der Waals surface area contributed by atoms with Crippen molar-refractivity contribution in [2.24, 2.45) is 17.3 Å². The SMILES string of the molecule is CC12C=CCC1[C@@]1(O)CCC3CCC(O)CC3=CC1(F)C(F)C2. The Morgan fingerprint density at radius 2 is 2.04 bits per heavy atom. The van der Waals surface area contributed by atoms with E-state index in [-0.39, 0.29) is 18.3 Å². The molecule has 128 valence electrons. The van der Waals surface area contributed by atoms with Crippen LogP contribution in [-0.4, -0.2) is 33.8 Å². The summed E-state index contributed by atoms with van der Waals surface area (Å²) in [6.07, 6.45) is 6.78. The fourth-order valence-corrected chi connectivity index (χ4v) is 5.75. The van der Waals surface area contributed by atoms with Crippen LogP contribution >= 0.6 is 0 Å². The van der Waals surface area contributed by atoms with Crippen LogP contribution in [0.15, 0.2) is 23.8 Å². The van der Waals surface area contributed by atoms with Gasteiger partial charge in [0.15, 0.2) is 5.67 Å². The van der Waals surface area contributed by atoms with Gasteiger partial charge in [-0.2, -0.15) is 0 Å². The van der Waals surface area contributed by atoms with Crippen LogP contribution in [0.2, 0.25) is 0 Å². The van der Waals surface area contributed by atoms with Crippen LogP contribution in [0.1, 0.15) is 51.9 Å². The predicted molar refractivity (Wildman–Crippen MR) is 84.3 cm³/mol. The summed E-state index contributed by atoms with van der Waals surface area (Å²) in [5, 5.41) is 21.3. The topological polar surface area (TPSA) is 40.5 Å². The normalized spacial score (nSPS) is 55.4. The summed E-state index contributed by atoms with van der Waals surface area (Å²) in [6.45, 7) is 1.94. The zero-order valence-corrected chi connectivity index (χ0v) is 13.6. The van der Waals surface area contributed by atoms with Gasteiger partial charge < -0.3 is 10.2 Å². The van der Waals surface area contributed by atoms with E-state index in [2.05, 4.69) is 0 Å². The van der Waals surface area contributed by atoms with Crippen molar-refractivity contribution in [3.63, 3.8) is 0 Å². The first-order chi connectivity index (χ1) is 10.8. The largest absolute Gasteiger partial charge is 0.393 e. The molecule has 0 heterocycles. The van der Waals surface area contributed by atoms with Gasteiger partial charge in [0, 0.05) is 5.92 Å². The van der Waals surface area contributed by atoms with E-state index in [1.807, 2.05) is 19.1 Å². The smallest absolute Gasteiger partial charge is 0.189 e. The van der Waals surface area contributed by atoms with Crippen molar-refractivity contribution in [3.05, 3.63) is 23.8 Å². The molecule has 0 amide bonds. The second kappa shape index (κ2) is 4.89. The highest BCUT2D eigenvalue weighted by molar-refractivity contribution is 5.33. The van der Waals surface area contributed by atoms with E-state index >= 15 is 4.39 Å². The van der Waals surface area contributed by atoms with Gasteiger partial charge in [0.2, 0.25) is 0 Å². The highest BCUT2D eigenvalue weighted by Gasteiger charge is 2.68. The first-order valence-corrected chi connectivity index (χ1v) is 8.91. The third kappa shape index (κ3) is 2.03. The van der Waals surface area contributed by atoms with Gasteiger partial charge in [-0.15, -0.1) is 0 Å². The standard InChI is InChI=1S/C19H26F2O2/c1-17-7-2-3-15(17)19(23)8-6-12-4-5-14(22)9-13(12)10-18(19,21)16(20)11-17/h2,7,10,12,14-16,22-23H,3-6,8-9,11H2,1H3/t12?,14?,15?,16?,17?,18?,19-/m0/s1. The van der Waals surface area contributed by atoms with E-state index in [0.717, 1.165) is 12.0 Å². The first-order valence-electron chi connectivity index (χ1n) is 8.91.